The van der Waals surface area contributed by atoms with E-state index in [4.69, 9.17) is 16.6 Å². The zero-order valence-corrected chi connectivity index (χ0v) is 17.8. The minimum atomic E-state index is -0.123. The molecule has 0 saturated carbocycles. The van der Waals surface area contributed by atoms with E-state index in [-0.39, 0.29) is 11.9 Å². The number of carbonyl (C=O) groups excluding carboxylic acids is 1. The Balaban J connectivity index is 1.41. The largest absolute Gasteiger partial charge is 0.298 e. The van der Waals surface area contributed by atoms with Crippen LogP contribution in [0.4, 0.5) is 5.13 Å². The van der Waals surface area contributed by atoms with Gasteiger partial charge in [0.15, 0.2) is 5.13 Å². The fraction of sp³-hybridized carbons (Fsp3) is 0.318. The van der Waals surface area contributed by atoms with Gasteiger partial charge in [-0.3, -0.25) is 20.0 Å². The molecule has 0 radical (unpaired) electrons. The Morgan fingerprint density at radius 1 is 1.28 bits per heavy atom. The Morgan fingerprint density at radius 2 is 2.10 bits per heavy atom. The number of anilines is 1. The molecule has 1 aliphatic heterocycles. The van der Waals surface area contributed by atoms with Crippen molar-refractivity contribution in [1.82, 2.24) is 14.9 Å². The van der Waals surface area contributed by atoms with Gasteiger partial charge in [0.05, 0.1) is 22.5 Å². The molecule has 2 aromatic heterocycles. The van der Waals surface area contributed by atoms with E-state index in [0.717, 1.165) is 43.7 Å². The van der Waals surface area contributed by atoms with E-state index in [1.807, 2.05) is 41.8 Å². The van der Waals surface area contributed by atoms with Gasteiger partial charge in [-0.2, -0.15) is 0 Å². The minimum absolute atomic E-state index is 0.123. The van der Waals surface area contributed by atoms with Gasteiger partial charge in [-0.25, -0.2) is 4.98 Å². The molecule has 5 nitrogen and oxygen atoms in total. The topological polar surface area (TPSA) is 58.1 Å². The molecule has 1 fully saturated rings. The van der Waals surface area contributed by atoms with Crippen molar-refractivity contribution >= 4 is 34.0 Å². The van der Waals surface area contributed by atoms with Crippen LogP contribution in [0.15, 0.2) is 48.0 Å². The lowest BCUT2D eigenvalue weighted by molar-refractivity contribution is 0.102. The van der Waals surface area contributed by atoms with Gasteiger partial charge in [0.25, 0.3) is 5.91 Å². The number of nitrogens with one attached hydrogen (secondary N) is 1. The summed E-state index contributed by atoms with van der Waals surface area (Å²) in [6, 6.07) is 11.8. The molecule has 3 aromatic rings. The number of thiazole rings is 1. The Morgan fingerprint density at radius 3 is 2.83 bits per heavy atom. The number of aromatic nitrogens is 2. The van der Waals surface area contributed by atoms with Crippen molar-refractivity contribution in [3.8, 4) is 0 Å². The van der Waals surface area contributed by atoms with Crippen LogP contribution in [-0.2, 0) is 13.0 Å². The third kappa shape index (κ3) is 4.83. The smallest absolute Gasteiger partial charge is 0.257 e. The normalized spacial score (nSPS) is 16.8. The third-order valence-electron chi connectivity index (χ3n) is 5.23. The maximum Gasteiger partial charge on any atom is 0.257 e. The Bertz CT molecular complexity index is 971. The van der Waals surface area contributed by atoms with E-state index in [9.17, 15) is 4.79 Å². The molecular formula is C22H23ClN4OS. The first-order valence-electron chi connectivity index (χ1n) is 9.82. The summed E-state index contributed by atoms with van der Waals surface area (Å²) in [6.45, 7) is 3.88. The van der Waals surface area contributed by atoms with Crippen molar-refractivity contribution in [2.75, 3.05) is 11.9 Å². The molecule has 1 N–H and O–H groups in total. The number of rotatable bonds is 6. The lowest BCUT2D eigenvalue weighted by atomic mass is 10.1. The summed E-state index contributed by atoms with van der Waals surface area (Å²) in [5.41, 5.74) is 3.88. The lowest BCUT2D eigenvalue weighted by Crippen LogP contribution is -2.23. The average molecular weight is 427 g/mol. The molecule has 1 atom stereocenters. The van der Waals surface area contributed by atoms with Gasteiger partial charge >= 0.3 is 0 Å². The molecule has 3 heterocycles. The highest BCUT2D eigenvalue weighted by atomic mass is 35.5. The van der Waals surface area contributed by atoms with Gasteiger partial charge in [0.1, 0.15) is 0 Å². The van der Waals surface area contributed by atoms with E-state index < -0.39 is 0 Å². The van der Waals surface area contributed by atoms with Gasteiger partial charge in [-0.1, -0.05) is 30.7 Å². The van der Waals surface area contributed by atoms with E-state index in [1.165, 1.54) is 16.9 Å². The number of nitrogens with zero attached hydrogens (tertiary/aromatic N) is 3. The summed E-state index contributed by atoms with van der Waals surface area (Å²) in [5, 5.41) is 6.27. The first kappa shape index (κ1) is 20.0. The van der Waals surface area contributed by atoms with Gasteiger partial charge in [0, 0.05) is 23.7 Å². The molecule has 0 bridgehead atoms. The number of halogens is 1. The van der Waals surface area contributed by atoms with Crippen LogP contribution >= 0.6 is 22.9 Å². The summed E-state index contributed by atoms with van der Waals surface area (Å²) in [4.78, 5) is 24.0. The van der Waals surface area contributed by atoms with Crippen LogP contribution in [0.5, 0.6) is 0 Å². The van der Waals surface area contributed by atoms with Crippen LogP contribution in [0.2, 0.25) is 5.02 Å². The second-order valence-corrected chi connectivity index (χ2v) is 8.47. The zero-order valence-electron chi connectivity index (χ0n) is 16.3. The summed E-state index contributed by atoms with van der Waals surface area (Å²) >= 11 is 7.41. The monoisotopic (exact) mass is 426 g/mol. The highest BCUT2D eigenvalue weighted by molar-refractivity contribution is 7.14. The molecule has 4 rings (SSSR count). The second kappa shape index (κ2) is 9.03. The van der Waals surface area contributed by atoms with Crippen molar-refractivity contribution in [1.29, 1.82) is 0 Å². The zero-order chi connectivity index (χ0) is 20.2. The Kier molecular flexibility index (Phi) is 6.23. The number of aryl methyl sites for hydroxylation is 1. The number of hydrogen-bond acceptors (Lipinski definition) is 5. The molecule has 1 aliphatic rings. The van der Waals surface area contributed by atoms with E-state index in [1.54, 1.807) is 6.20 Å². The third-order valence-corrected chi connectivity index (χ3v) is 6.23. The van der Waals surface area contributed by atoms with E-state index in [0.29, 0.717) is 15.7 Å². The first-order chi connectivity index (χ1) is 14.1. The fourth-order valence-corrected chi connectivity index (χ4v) is 4.48. The highest BCUT2D eigenvalue weighted by Gasteiger charge is 2.28. The van der Waals surface area contributed by atoms with Crippen LogP contribution < -0.4 is 5.32 Å². The van der Waals surface area contributed by atoms with Crippen LogP contribution in [0, 0.1) is 0 Å². The Hall–Kier alpha value is -2.28. The molecular weight excluding hydrogens is 404 g/mol. The molecule has 1 amide bonds. The number of pyridine rings is 1. The molecule has 0 aliphatic carbocycles. The minimum Gasteiger partial charge on any atom is -0.298 e. The number of benzene rings is 1. The van der Waals surface area contributed by atoms with Crippen molar-refractivity contribution in [2.45, 2.75) is 38.8 Å². The van der Waals surface area contributed by atoms with Crippen molar-refractivity contribution in [3.05, 3.63) is 75.5 Å². The molecule has 7 heteroatoms. The molecule has 1 aromatic carbocycles. The summed E-state index contributed by atoms with van der Waals surface area (Å²) in [6.07, 6.45) is 4.83. The van der Waals surface area contributed by atoms with Crippen molar-refractivity contribution in [2.24, 2.45) is 0 Å². The van der Waals surface area contributed by atoms with Crippen LogP contribution in [0.1, 0.15) is 53.1 Å². The molecule has 29 heavy (non-hydrogen) atoms. The van der Waals surface area contributed by atoms with Crippen molar-refractivity contribution < 1.29 is 4.79 Å². The standard InChI is InChI=1S/C22H23ClN4OS/c1-2-15-5-7-16(8-6-15)21(28)26-22-25-19(14-29-22)20-4-3-11-27(20)13-18-10-9-17(23)12-24-18/h5-10,12,14,20H,2-4,11,13H2,1H3,(H,25,26,28). The highest BCUT2D eigenvalue weighted by Crippen LogP contribution is 2.34. The van der Waals surface area contributed by atoms with Gasteiger partial charge in [-0.05, 0) is 55.6 Å². The lowest BCUT2D eigenvalue weighted by Gasteiger charge is -2.22. The molecule has 1 unspecified atom stereocenters. The number of amides is 1. The average Bonchev–Trinajstić information content (AvgIpc) is 3.39. The van der Waals surface area contributed by atoms with Gasteiger partial charge in [0.2, 0.25) is 0 Å². The number of likely N-dealkylation sites (tertiary alicyclic amines) is 1. The maximum atomic E-state index is 12.5. The summed E-state index contributed by atoms with van der Waals surface area (Å²) in [7, 11) is 0. The maximum absolute atomic E-state index is 12.5. The predicted octanol–water partition coefficient (Wildman–Crippen LogP) is 5.34. The van der Waals surface area contributed by atoms with Gasteiger partial charge in [-0.15, -0.1) is 11.3 Å². The van der Waals surface area contributed by atoms with Crippen LogP contribution in [-0.4, -0.2) is 27.3 Å². The fourth-order valence-electron chi connectivity index (χ4n) is 3.62. The quantitative estimate of drug-likeness (QED) is 0.577. The van der Waals surface area contributed by atoms with Gasteiger partial charge < -0.3 is 0 Å². The SMILES string of the molecule is CCc1ccc(C(=O)Nc2nc(C3CCCN3Cc3ccc(Cl)cn3)cs2)cc1. The van der Waals surface area contributed by atoms with E-state index >= 15 is 0 Å². The van der Waals surface area contributed by atoms with Crippen LogP contribution in [0.3, 0.4) is 0 Å². The van der Waals surface area contributed by atoms with Crippen molar-refractivity contribution in [3.63, 3.8) is 0 Å². The number of carbonyl (C=O) groups is 1. The molecule has 0 spiro atoms. The summed E-state index contributed by atoms with van der Waals surface area (Å²) in [5.74, 6) is -0.123. The van der Waals surface area contributed by atoms with E-state index in [2.05, 4.69) is 22.1 Å². The van der Waals surface area contributed by atoms with Crippen LogP contribution in [0.25, 0.3) is 0 Å². The first-order valence-corrected chi connectivity index (χ1v) is 11.1. The second-order valence-electron chi connectivity index (χ2n) is 7.18. The number of hydrogen-bond donors (Lipinski definition) is 1. The Labute approximate surface area is 179 Å². The summed E-state index contributed by atoms with van der Waals surface area (Å²) < 4.78 is 0. The predicted molar refractivity (Wildman–Crippen MR) is 118 cm³/mol. The molecule has 150 valence electrons. The molecule has 1 saturated heterocycles.